The topological polar surface area (TPSA) is 114 Å². The van der Waals surface area contributed by atoms with Crippen molar-refractivity contribution in [2.75, 3.05) is 13.2 Å². The van der Waals surface area contributed by atoms with Crippen molar-refractivity contribution in [2.24, 2.45) is 5.84 Å². The van der Waals surface area contributed by atoms with E-state index in [9.17, 15) is 15.0 Å². The summed E-state index contributed by atoms with van der Waals surface area (Å²) in [6.07, 6.45) is 3.55. The zero-order valence-electron chi connectivity index (χ0n) is 17.0. The number of nitrogens with one attached hydrogen (secondary N) is 1. The Balaban J connectivity index is 1.82. The summed E-state index contributed by atoms with van der Waals surface area (Å²) in [4.78, 5) is 12.5. The Morgan fingerprint density at radius 1 is 1.07 bits per heavy atom. The number of esters is 1. The van der Waals surface area contributed by atoms with Crippen LogP contribution >= 0.6 is 0 Å². The summed E-state index contributed by atoms with van der Waals surface area (Å²) in [5.41, 5.74) is 3.19. The average molecular weight is 402 g/mol. The molecule has 2 rings (SSSR count). The number of unbranched alkanes of at least 4 members (excludes halogenated alkanes) is 1. The van der Waals surface area contributed by atoms with Gasteiger partial charge in [-0.15, -0.1) is 0 Å². The summed E-state index contributed by atoms with van der Waals surface area (Å²) in [5, 5.41) is 19.0. The molecule has 2 aromatic rings. The van der Waals surface area contributed by atoms with Crippen LogP contribution in [-0.4, -0.2) is 34.9 Å². The molecule has 0 bridgehead atoms. The van der Waals surface area contributed by atoms with E-state index in [4.69, 9.17) is 15.3 Å². The average Bonchev–Trinajstić information content (AvgIpc) is 2.73. The molecule has 7 heteroatoms. The van der Waals surface area contributed by atoms with Crippen molar-refractivity contribution < 1.29 is 24.5 Å². The van der Waals surface area contributed by atoms with Crippen LogP contribution in [0.5, 0.6) is 17.2 Å². The van der Waals surface area contributed by atoms with E-state index in [1.807, 2.05) is 24.3 Å². The maximum Gasteiger partial charge on any atom is 0.327 e. The van der Waals surface area contributed by atoms with Crippen molar-refractivity contribution in [3.63, 3.8) is 0 Å². The molecule has 0 fully saturated rings. The maximum absolute atomic E-state index is 12.5. The van der Waals surface area contributed by atoms with Gasteiger partial charge in [-0.2, -0.15) is 0 Å². The number of ether oxygens (including phenoxy) is 2. The molecule has 5 N–H and O–H groups in total. The molecule has 0 unspecified atom stereocenters. The minimum Gasteiger partial charge on any atom is -0.504 e. The predicted octanol–water partition coefficient (Wildman–Crippen LogP) is 2.83. The first kappa shape index (κ1) is 22.5. The van der Waals surface area contributed by atoms with Crippen LogP contribution < -0.4 is 16.0 Å². The first-order valence-electron chi connectivity index (χ1n) is 9.75. The number of phenolic OH excluding ortho intramolecular Hbond substituents is 2. The van der Waals surface area contributed by atoms with E-state index in [1.54, 1.807) is 13.0 Å². The van der Waals surface area contributed by atoms with Gasteiger partial charge < -0.3 is 19.7 Å². The summed E-state index contributed by atoms with van der Waals surface area (Å²) in [6, 6.07) is 12.2. The second kappa shape index (κ2) is 10.7. The second-order valence-electron chi connectivity index (χ2n) is 7.21. The van der Waals surface area contributed by atoms with Gasteiger partial charge in [0.25, 0.3) is 0 Å². The Morgan fingerprint density at radius 3 is 2.38 bits per heavy atom. The van der Waals surface area contributed by atoms with Crippen LogP contribution in [0.1, 0.15) is 37.8 Å². The van der Waals surface area contributed by atoms with Crippen LogP contribution in [0.25, 0.3) is 0 Å². The predicted molar refractivity (Wildman–Crippen MR) is 111 cm³/mol. The second-order valence-corrected chi connectivity index (χ2v) is 7.21. The molecule has 7 nitrogen and oxygen atoms in total. The van der Waals surface area contributed by atoms with Crippen LogP contribution in [0.4, 0.5) is 0 Å². The zero-order valence-corrected chi connectivity index (χ0v) is 17.0. The lowest BCUT2D eigenvalue weighted by Gasteiger charge is -2.26. The fourth-order valence-corrected chi connectivity index (χ4v) is 2.86. The van der Waals surface area contributed by atoms with Crippen LogP contribution in [0.15, 0.2) is 42.5 Å². The molecule has 29 heavy (non-hydrogen) atoms. The van der Waals surface area contributed by atoms with Gasteiger partial charge in [0.2, 0.25) is 0 Å². The quantitative estimate of drug-likeness (QED) is 0.150. The fourth-order valence-electron chi connectivity index (χ4n) is 2.86. The number of carbonyl (C=O) groups is 1. The zero-order chi connectivity index (χ0) is 21.3. The highest BCUT2D eigenvalue weighted by Gasteiger charge is 2.34. The summed E-state index contributed by atoms with van der Waals surface area (Å²) < 4.78 is 10.9. The van der Waals surface area contributed by atoms with Gasteiger partial charge in [-0.1, -0.05) is 31.5 Å². The number of benzene rings is 2. The van der Waals surface area contributed by atoms with Crippen LogP contribution in [0.3, 0.4) is 0 Å². The molecule has 2 aromatic carbocycles. The van der Waals surface area contributed by atoms with Crippen molar-refractivity contribution >= 4 is 5.97 Å². The van der Waals surface area contributed by atoms with Gasteiger partial charge in [0.05, 0.1) is 0 Å². The molecule has 1 atom stereocenters. The van der Waals surface area contributed by atoms with Gasteiger partial charge in [0.15, 0.2) is 11.5 Å². The number of aromatic hydroxyl groups is 2. The number of rotatable bonds is 11. The third-order valence-electron chi connectivity index (χ3n) is 4.69. The molecule has 0 saturated carbocycles. The molecular weight excluding hydrogens is 372 g/mol. The molecule has 0 spiro atoms. The summed E-state index contributed by atoms with van der Waals surface area (Å²) in [5.74, 6) is 5.27. The van der Waals surface area contributed by atoms with Crippen molar-refractivity contribution in [3.8, 4) is 17.2 Å². The molecule has 0 aliphatic heterocycles. The Morgan fingerprint density at radius 2 is 1.76 bits per heavy atom. The molecule has 0 aliphatic rings. The smallest absolute Gasteiger partial charge is 0.327 e. The first-order chi connectivity index (χ1) is 13.9. The lowest BCUT2D eigenvalue weighted by atomic mass is 9.93. The van der Waals surface area contributed by atoms with Crippen molar-refractivity contribution in [1.29, 1.82) is 0 Å². The van der Waals surface area contributed by atoms with E-state index in [2.05, 4.69) is 12.3 Å². The Hall–Kier alpha value is -2.77. The highest BCUT2D eigenvalue weighted by atomic mass is 16.6. The highest BCUT2D eigenvalue weighted by Crippen LogP contribution is 2.27. The molecular formula is C22H30N2O5. The standard InChI is InChI=1S/C22H30N2O5/c1-3-4-5-16-6-9-18(10-7-16)28-12-13-29-21(27)22(2,24-23)15-17-8-11-19(25)20(26)14-17/h6-11,14,24-26H,3-5,12-13,15,23H2,1-2H3/t22-/m0/s1. The number of hydrazine groups is 1. The monoisotopic (exact) mass is 402 g/mol. The number of nitrogens with two attached hydrogens (primary N) is 1. The number of aryl methyl sites for hydroxylation is 1. The number of hydrogen-bond acceptors (Lipinski definition) is 7. The third kappa shape index (κ3) is 6.66. The highest BCUT2D eigenvalue weighted by molar-refractivity contribution is 5.80. The Bertz CT molecular complexity index is 794. The van der Waals surface area contributed by atoms with Crippen LogP contribution in [0.2, 0.25) is 0 Å². The lowest BCUT2D eigenvalue weighted by Crippen LogP contribution is -2.55. The molecule has 0 aliphatic carbocycles. The molecule has 158 valence electrons. The first-order valence-corrected chi connectivity index (χ1v) is 9.75. The number of carbonyl (C=O) groups excluding carboxylic acids is 1. The van der Waals surface area contributed by atoms with Gasteiger partial charge in [0.1, 0.15) is 24.5 Å². The van der Waals surface area contributed by atoms with Gasteiger partial charge in [0, 0.05) is 6.42 Å². The van der Waals surface area contributed by atoms with Gasteiger partial charge in [-0.05, 0) is 55.2 Å². The van der Waals surface area contributed by atoms with Crippen LogP contribution in [-0.2, 0) is 22.4 Å². The fraction of sp³-hybridized carbons (Fsp3) is 0.409. The SMILES string of the molecule is CCCCc1ccc(OCCOC(=O)[C@](C)(Cc2ccc(O)c(O)c2)NN)cc1. The minimum absolute atomic E-state index is 0.0779. The summed E-state index contributed by atoms with van der Waals surface area (Å²) in [7, 11) is 0. The van der Waals surface area contributed by atoms with Gasteiger partial charge in [-0.3, -0.25) is 5.84 Å². The van der Waals surface area contributed by atoms with E-state index >= 15 is 0 Å². The van der Waals surface area contributed by atoms with E-state index in [0.717, 1.165) is 25.0 Å². The molecule has 0 radical (unpaired) electrons. The summed E-state index contributed by atoms with van der Waals surface area (Å²) >= 11 is 0. The third-order valence-corrected chi connectivity index (χ3v) is 4.69. The molecule has 0 aromatic heterocycles. The normalized spacial score (nSPS) is 12.9. The largest absolute Gasteiger partial charge is 0.504 e. The molecule has 0 saturated heterocycles. The maximum atomic E-state index is 12.5. The number of phenols is 2. The van der Waals surface area contributed by atoms with Crippen molar-refractivity contribution in [2.45, 2.75) is 45.1 Å². The van der Waals surface area contributed by atoms with E-state index in [0.29, 0.717) is 5.56 Å². The lowest BCUT2D eigenvalue weighted by molar-refractivity contribution is -0.151. The molecule has 0 amide bonds. The summed E-state index contributed by atoms with van der Waals surface area (Å²) in [6.45, 7) is 4.07. The minimum atomic E-state index is -1.19. The number of hydrogen-bond donors (Lipinski definition) is 4. The Labute approximate surface area is 171 Å². The van der Waals surface area contributed by atoms with Crippen molar-refractivity contribution in [3.05, 3.63) is 53.6 Å². The van der Waals surface area contributed by atoms with Crippen molar-refractivity contribution in [1.82, 2.24) is 5.43 Å². The molecule has 0 heterocycles. The van der Waals surface area contributed by atoms with E-state index in [-0.39, 0.29) is 31.1 Å². The van der Waals surface area contributed by atoms with Crippen LogP contribution in [0, 0.1) is 0 Å². The van der Waals surface area contributed by atoms with E-state index < -0.39 is 11.5 Å². The van der Waals surface area contributed by atoms with E-state index in [1.165, 1.54) is 17.7 Å². The van der Waals surface area contributed by atoms with Gasteiger partial charge in [-0.25, -0.2) is 10.2 Å². The van der Waals surface area contributed by atoms with Gasteiger partial charge >= 0.3 is 5.97 Å². The Kier molecular flexibility index (Phi) is 8.30.